The van der Waals surface area contributed by atoms with E-state index >= 15 is 0 Å². The minimum Gasteiger partial charge on any atom is -0.283 e. The predicted molar refractivity (Wildman–Crippen MR) is 146 cm³/mol. The molecule has 8 nitrogen and oxygen atoms in total. The number of nitrogens with zero attached hydrogens (tertiary/aromatic N) is 4. The van der Waals surface area contributed by atoms with Gasteiger partial charge in [-0.2, -0.15) is 5.10 Å². The van der Waals surface area contributed by atoms with Gasteiger partial charge in [-0.1, -0.05) is 53.9 Å². The van der Waals surface area contributed by atoms with E-state index in [9.17, 15) is 14.9 Å². The molecule has 1 amide bonds. The van der Waals surface area contributed by atoms with E-state index < -0.39 is 0 Å². The Bertz CT molecular complexity index is 1250. The molecular formula is C27H31Cl2N5O3. The Morgan fingerprint density at radius 1 is 1.05 bits per heavy atom. The van der Waals surface area contributed by atoms with Crippen LogP contribution in [-0.2, 0) is 6.42 Å². The van der Waals surface area contributed by atoms with Crippen molar-refractivity contribution in [2.45, 2.75) is 51.9 Å². The fourth-order valence-electron chi connectivity index (χ4n) is 4.66. The van der Waals surface area contributed by atoms with Crippen molar-refractivity contribution in [1.82, 2.24) is 20.2 Å². The third kappa shape index (κ3) is 6.89. The van der Waals surface area contributed by atoms with E-state index in [0.717, 1.165) is 67.6 Å². The summed E-state index contributed by atoms with van der Waals surface area (Å²) in [6, 6.07) is 13.3. The summed E-state index contributed by atoms with van der Waals surface area (Å²) in [7, 11) is 0. The van der Waals surface area contributed by atoms with Gasteiger partial charge in [-0.25, -0.2) is 9.69 Å². The molecular weight excluding hydrogens is 513 g/mol. The quantitative estimate of drug-likeness (QED) is 0.184. The number of halogens is 2. The Morgan fingerprint density at radius 2 is 1.78 bits per heavy atom. The molecule has 0 atom stereocenters. The van der Waals surface area contributed by atoms with Crippen molar-refractivity contribution in [3.63, 3.8) is 0 Å². The van der Waals surface area contributed by atoms with Crippen molar-refractivity contribution in [2.75, 3.05) is 19.6 Å². The second-order valence-corrected chi connectivity index (χ2v) is 10.2. The molecule has 37 heavy (non-hydrogen) atoms. The van der Waals surface area contributed by atoms with Crippen molar-refractivity contribution >= 4 is 29.1 Å². The molecule has 0 unspecified atom stereocenters. The molecule has 4 rings (SSSR count). The normalized spacial score (nSPS) is 14.0. The molecule has 1 fully saturated rings. The van der Waals surface area contributed by atoms with Gasteiger partial charge in [-0.05, 0) is 62.8 Å². The molecule has 10 heteroatoms. The zero-order valence-corrected chi connectivity index (χ0v) is 22.4. The van der Waals surface area contributed by atoms with Crippen molar-refractivity contribution in [1.29, 1.82) is 0 Å². The summed E-state index contributed by atoms with van der Waals surface area (Å²) in [6.45, 7) is 3.57. The first kappa shape index (κ1) is 27.1. The van der Waals surface area contributed by atoms with Gasteiger partial charge in [0.1, 0.15) is 0 Å². The van der Waals surface area contributed by atoms with Gasteiger partial charge in [-0.15, -0.1) is 0 Å². The summed E-state index contributed by atoms with van der Waals surface area (Å²) in [6.07, 6.45) is 6.44. The smallest absolute Gasteiger partial charge is 0.283 e. The Hall–Kier alpha value is -2.94. The van der Waals surface area contributed by atoms with Crippen LogP contribution in [-0.4, -0.2) is 45.3 Å². The van der Waals surface area contributed by atoms with Crippen molar-refractivity contribution in [3.05, 3.63) is 79.4 Å². The highest BCUT2D eigenvalue weighted by atomic mass is 35.5. The zero-order chi connectivity index (χ0) is 26.4. The number of carbonyl (C=O) groups excluding carboxylic acids is 1. The highest BCUT2D eigenvalue weighted by molar-refractivity contribution is 6.35. The minimum absolute atomic E-state index is 0.0170. The SMILES string of the molecule is Cc1c(C(=O)NN2CCCCC2)nn(-c2ccc(Cl)cc2Cl)c1-c1ccc(CCCCC[N+](=O)[O-])cc1. The van der Waals surface area contributed by atoms with Crippen LogP contribution in [0.25, 0.3) is 16.9 Å². The number of rotatable bonds is 10. The Labute approximate surface area is 226 Å². The van der Waals surface area contributed by atoms with E-state index in [1.165, 1.54) is 6.42 Å². The van der Waals surface area contributed by atoms with Crippen LogP contribution < -0.4 is 5.43 Å². The summed E-state index contributed by atoms with van der Waals surface area (Å²) < 4.78 is 1.71. The molecule has 1 aliphatic heterocycles. The average Bonchev–Trinajstić information content (AvgIpc) is 3.21. The molecule has 2 heterocycles. The van der Waals surface area contributed by atoms with Crippen LogP contribution in [0.3, 0.4) is 0 Å². The third-order valence-corrected chi connectivity index (χ3v) is 7.16. The summed E-state index contributed by atoms with van der Waals surface area (Å²) >= 11 is 12.7. The molecule has 1 aromatic heterocycles. The number of carbonyl (C=O) groups is 1. The highest BCUT2D eigenvalue weighted by Crippen LogP contribution is 2.33. The zero-order valence-electron chi connectivity index (χ0n) is 20.9. The van der Waals surface area contributed by atoms with Gasteiger partial charge in [0.15, 0.2) is 5.69 Å². The summed E-state index contributed by atoms with van der Waals surface area (Å²) in [5.41, 5.74) is 7.60. The van der Waals surface area contributed by atoms with Crippen molar-refractivity contribution in [3.8, 4) is 16.9 Å². The number of aryl methyl sites for hydroxylation is 1. The fraction of sp³-hybridized carbons (Fsp3) is 0.407. The van der Waals surface area contributed by atoms with Crippen LogP contribution in [0, 0.1) is 17.0 Å². The number of hydrogen-bond donors (Lipinski definition) is 1. The summed E-state index contributed by atoms with van der Waals surface area (Å²) in [5, 5.41) is 18.1. The van der Waals surface area contributed by atoms with Gasteiger partial charge in [0.2, 0.25) is 6.54 Å². The van der Waals surface area contributed by atoms with Crippen LogP contribution in [0.1, 0.15) is 60.1 Å². The van der Waals surface area contributed by atoms with Gasteiger partial charge in [0, 0.05) is 40.6 Å². The van der Waals surface area contributed by atoms with Crippen molar-refractivity contribution < 1.29 is 9.72 Å². The molecule has 196 valence electrons. The molecule has 0 spiro atoms. The lowest BCUT2D eigenvalue weighted by Crippen LogP contribution is -2.45. The van der Waals surface area contributed by atoms with E-state index in [1.54, 1.807) is 22.9 Å². The topological polar surface area (TPSA) is 93.3 Å². The van der Waals surface area contributed by atoms with Gasteiger partial charge in [0.25, 0.3) is 5.91 Å². The number of piperidine rings is 1. The molecule has 2 aromatic carbocycles. The minimum atomic E-state index is -0.270. The first-order chi connectivity index (χ1) is 17.8. The van der Waals surface area contributed by atoms with Crippen LogP contribution in [0.15, 0.2) is 42.5 Å². The van der Waals surface area contributed by atoms with E-state index in [0.29, 0.717) is 27.8 Å². The number of hydrazine groups is 1. The number of nitro groups is 1. The lowest BCUT2D eigenvalue weighted by atomic mass is 10.0. The van der Waals surface area contributed by atoms with E-state index in [-0.39, 0.29) is 17.4 Å². The molecule has 1 N–H and O–H groups in total. The Balaban J connectivity index is 1.61. The Morgan fingerprint density at radius 3 is 2.46 bits per heavy atom. The maximum absolute atomic E-state index is 13.2. The fourth-order valence-corrected chi connectivity index (χ4v) is 5.14. The van der Waals surface area contributed by atoms with Gasteiger partial charge < -0.3 is 0 Å². The average molecular weight is 544 g/mol. The van der Waals surface area contributed by atoms with Crippen LogP contribution >= 0.6 is 23.2 Å². The first-order valence-electron chi connectivity index (χ1n) is 12.7. The second kappa shape index (κ2) is 12.5. The van der Waals surface area contributed by atoms with Crippen LogP contribution in [0.2, 0.25) is 10.0 Å². The maximum atomic E-state index is 13.2. The highest BCUT2D eigenvalue weighted by Gasteiger charge is 2.25. The second-order valence-electron chi connectivity index (χ2n) is 9.38. The van der Waals surface area contributed by atoms with Gasteiger partial charge in [0.05, 0.1) is 16.4 Å². The number of hydrogen-bond acceptors (Lipinski definition) is 5. The molecule has 0 saturated carbocycles. The standard InChI is InChI=1S/C27H31Cl2N5O3/c1-19-25(27(35)31-32-15-5-3-6-16-32)30-34(24-14-13-22(28)18-23(24)29)26(19)21-11-9-20(10-12-21)8-4-2-7-17-33(36)37/h9-14,18H,2-8,15-17H2,1H3,(H,31,35). The van der Waals surface area contributed by atoms with Crippen LogP contribution in [0.4, 0.5) is 0 Å². The molecule has 0 radical (unpaired) electrons. The summed E-state index contributed by atoms with van der Waals surface area (Å²) in [4.78, 5) is 23.5. The van der Waals surface area contributed by atoms with E-state index in [2.05, 4.69) is 17.6 Å². The lowest BCUT2D eigenvalue weighted by molar-refractivity contribution is -0.480. The maximum Gasteiger partial charge on any atom is 0.286 e. The van der Waals surface area contributed by atoms with Crippen molar-refractivity contribution in [2.24, 2.45) is 0 Å². The predicted octanol–water partition coefficient (Wildman–Crippen LogP) is 6.27. The lowest BCUT2D eigenvalue weighted by Gasteiger charge is -2.26. The van der Waals surface area contributed by atoms with Crippen LogP contribution in [0.5, 0.6) is 0 Å². The Kier molecular flexibility index (Phi) is 9.18. The summed E-state index contributed by atoms with van der Waals surface area (Å²) in [5.74, 6) is -0.240. The number of aromatic nitrogens is 2. The third-order valence-electron chi connectivity index (χ3n) is 6.62. The molecule has 1 saturated heterocycles. The molecule has 0 aliphatic carbocycles. The first-order valence-corrected chi connectivity index (χ1v) is 13.4. The number of benzene rings is 2. The van der Waals surface area contributed by atoms with Gasteiger partial charge >= 0.3 is 0 Å². The monoisotopic (exact) mass is 543 g/mol. The van der Waals surface area contributed by atoms with Gasteiger partial charge in [-0.3, -0.25) is 20.3 Å². The van der Waals surface area contributed by atoms with E-state index in [4.69, 9.17) is 28.3 Å². The van der Waals surface area contributed by atoms with E-state index in [1.807, 2.05) is 24.1 Å². The number of amides is 1. The largest absolute Gasteiger partial charge is 0.286 e. The number of nitrogens with one attached hydrogen (secondary N) is 1. The molecule has 1 aliphatic rings. The number of unbranched alkanes of at least 4 members (excludes halogenated alkanes) is 2. The molecule has 3 aromatic rings. The molecule has 0 bridgehead atoms.